The number of rotatable bonds is 7. The lowest BCUT2D eigenvalue weighted by molar-refractivity contribution is 0.521. The number of aryl methyl sites for hydroxylation is 3. The van der Waals surface area contributed by atoms with E-state index in [1.165, 1.54) is 17.0 Å². The van der Waals surface area contributed by atoms with Gasteiger partial charge in [-0.05, 0) is 26.3 Å². The van der Waals surface area contributed by atoms with Gasteiger partial charge in [-0.15, -0.1) is 11.3 Å². The number of nitrogens with one attached hydrogen (secondary N) is 1. The van der Waals surface area contributed by atoms with Crippen LogP contribution >= 0.6 is 11.3 Å². The van der Waals surface area contributed by atoms with Gasteiger partial charge in [-0.3, -0.25) is 4.68 Å². The number of aromatic nitrogens is 3. The molecule has 110 valence electrons. The quantitative estimate of drug-likeness (QED) is 0.853. The molecule has 0 aliphatic heterocycles. The molecule has 5 heteroatoms. The number of nitrogens with zero attached hydrogens (tertiary/aromatic N) is 3. The first-order valence-electron chi connectivity index (χ1n) is 7.30. The molecule has 2 rings (SSSR count). The Hall–Kier alpha value is -1.20. The van der Waals surface area contributed by atoms with Crippen molar-refractivity contribution in [2.45, 2.75) is 46.1 Å². The van der Waals surface area contributed by atoms with Crippen LogP contribution < -0.4 is 5.32 Å². The minimum Gasteiger partial charge on any atom is -0.309 e. The average Bonchev–Trinajstić information content (AvgIpc) is 3.00. The van der Waals surface area contributed by atoms with Crippen LogP contribution in [-0.4, -0.2) is 21.3 Å². The molecule has 0 saturated heterocycles. The Bertz CT molecular complexity index is 544. The minimum atomic E-state index is 0.306. The lowest BCUT2D eigenvalue weighted by Gasteiger charge is -2.17. The summed E-state index contributed by atoms with van der Waals surface area (Å²) in [5.41, 5.74) is 3.68. The van der Waals surface area contributed by atoms with Gasteiger partial charge in [0.25, 0.3) is 0 Å². The highest BCUT2D eigenvalue weighted by Crippen LogP contribution is 2.22. The Morgan fingerprint density at radius 3 is 2.80 bits per heavy atom. The smallest absolute Gasteiger partial charge is 0.0897 e. The predicted octanol–water partition coefficient (Wildman–Crippen LogP) is 3.03. The molecule has 0 amide bonds. The van der Waals surface area contributed by atoms with Crippen molar-refractivity contribution in [2.24, 2.45) is 7.05 Å². The van der Waals surface area contributed by atoms with Gasteiger partial charge in [0.15, 0.2) is 0 Å². The van der Waals surface area contributed by atoms with E-state index in [1.807, 2.05) is 11.7 Å². The van der Waals surface area contributed by atoms with Gasteiger partial charge < -0.3 is 5.32 Å². The third-order valence-corrected chi connectivity index (χ3v) is 4.19. The fourth-order valence-corrected chi connectivity index (χ4v) is 3.07. The van der Waals surface area contributed by atoms with Gasteiger partial charge >= 0.3 is 0 Å². The molecular weight excluding hydrogens is 268 g/mol. The minimum absolute atomic E-state index is 0.306. The van der Waals surface area contributed by atoms with Crippen molar-refractivity contribution in [1.82, 2.24) is 20.1 Å². The summed E-state index contributed by atoms with van der Waals surface area (Å²) in [6, 6.07) is 0.306. The van der Waals surface area contributed by atoms with E-state index >= 15 is 0 Å². The van der Waals surface area contributed by atoms with Crippen molar-refractivity contribution < 1.29 is 0 Å². The molecule has 0 fully saturated rings. The zero-order chi connectivity index (χ0) is 14.5. The summed E-state index contributed by atoms with van der Waals surface area (Å²) in [5.74, 6) is 0. The normalized spacial score (nSPS) is 12.8. The van der Waals surface area contributed by atoms with Crippen LogP contribution in [0.2, 0.25) is 0 Å². The molecule has 4 nitrogen and oxygen atoms in total. The molecule has 2 heterocycles. The predicted molar refractivity (Wildman–Crippen MR) is 84.2 cm³/mol. The highest BCUT2D eigenvalue weighted by atomic mass is 32.1. The van der Waals surface area contributed by atoms with Crippen LogP contribution in [0.1, 0.15) is 48.3 Å². The molecule has 20 heavy (non-hydrogen) atoms. The fourth-order valence-electron chi connectivity index (χ4n) is 2.44. The van der Waals surface area contributed by atoms with E-state index in [9.17, 15) is 0 Å². The maximum atomic E-state index is 4.60. The van der Waals surface area contributed by atoms with Crippen molar-refractivity contribution in [3.8, 4) is 0 Å². The highest BCUT2D eigenvalue weighted by Gasteiger charge is 2.18. The Morgan fingerprint density at radius 1 is 1.40 bits per heavy atom. The van der Waals surface area contributed by atoms with Crippen molar-refractivity contribution >= 4 is 11.3 Å². The highest BCUT2D eigenvalue weighted by molar-refractivity contribution is 7.09. The molecule has 2 aromatic rings. The van der Waals surface area contributed by atoms with E-state index in [0.29, 0.717) is 6.04 Å². The molecule has 0 bridgehead atoms. The van der Waals surface area contributed by atoms with E-state index in [4.69, 9.17) is 0 Å². The molecule has 2 aromatic heterocycles. The number of hydrogen-bond acceptors (Lipinski definition) is 4. The van der Waals surface area contributed by atoms with Gasteiger partial charge in [-0.25, -0.2) is 4.98 Å². The van der Waals surface area contributed by atoms with Gasteiger partial charge in [0.2, 0.25) is 0 Å². The third-order valence-electron chi connectivity index (χ3n) is 3.37. The average molecular weight is 292 g/mol. The SMILES string of the molecule is CCCNC(Cc1csc(C)n1)c1cn(C)nc1CC. The van der Waals surface area contributed by atoms with Crippen molar-refractivity contribution in [2.75, 3.05) is 6.54 Å². The number of hydrogen-bond donors (Lipinski definition) is 1. The van der Waals surface area contributed by atoms with Crippen molar-refractivity contribution in [3.63, 3.8) is 0 Å². The van der Waals surface area contributed by atoms with Crippen molar-refractivity contribution in [3.05, 3.63) is 33.5 Å². The van der Waals surface area contributed by atoms with Gasteiger partial charge in [0, 0.05) is 36.7 Å². The lowest BCUT2D eigenvalue weighted by atomic mass is 10.0. The van der Waals surface area contributed by atoms with Gasteiger partial charge in [-0.2, -0.15) is 5.10 Å². The van der Waals surface area contributed by atoms with Gasteiger partial charge in [0.05, 0.1) is 16.4 Å². The molecule has 0 saturated carbocycles. The topological polar surface area (TPSA) is 42.7 Å². The van der Waals surface area contributed by atoms with Crippen molar-refractivity contribution in [1.29, 1.82) is 0 Å². The second-order valence-corrected chi connectivity index (χ2v) is 6.19. The van der Waals surface area contributed by atoms with Crippen LogP contribution in [0.25, 0.3) is 0 Å². The van der Waals surface area contributed by atoms with Crippen LogP contribution in [0.3, 0.4) is 0 Å². The molecule has 1 unspecified atom stereocenters. The summed E-state index contributed by atoms with van der Waals surface area (Å²) in [6.45, 7) is 7.44. The Morgan fingerprint density at radius 2 is 2.20 bits per heavy atom. The van der Waals surface area contributed by atoms with Crippen LogP contribution in [0, 0.1) is 6.92 Å². The summed E-state index contributed by atoms with van der Waals surface area (Å²) < 4.78 is 1.92. The first kappa shape index (κ1) is 15.2. The Labute approximate surface area is 125 Å². The molecular formula is C15H24N4S. The maximum absolute atomic E-state index is 4.60. The summed E-state index contributed by atoms with van der Waals surface area (Å²) >= 11 is 1.72. The second kappa shape index (κ2) is 6.99. The summed E-state index contributed by atoms with van der Waals surface area (Å²) in [5, 5.41) is 11.5. The van der Waals surface area contributed by atoms with Gasteiger partial charge in [0.1, 0.15) is 0 Å². The Balaban J connectivity index is 2.21. The van der Waals surface area contributed by atoms with E-state index in [1.54, 1.807) is 11.3 Å². The summed E-state index contributed by atoms with van der Waals surface area (Å²) in [6.07, 6.45) is 5.18. The zero-order valence-electron chi connectivity index (χ0n) is 12.8. The molecule has 0 radical (unpaired) electrons. The van der Waals surface area contributed by atoms with E-state index in [2.05, 4.69) is 47.7 Å². The van der Waals surface area contributed by atoms with E-state index < -0.39 is 0 Å². The second-order valence-electron chi connectivity index (χ2n) is 5.13. The first-order valence-corrected chi connectivity index (χ1v) is 8.18. The molecule has 0 spiro atoms. The maximum Gasteiger partial charge on any atom is 0.0897 e. The molecule has 0 aliphatic carbocycles. The molecule has 0 aliphatic rings. The Kier molecular flexibility index (Phi) is 5.31. The first-order chi connectivity index (χ1) is 9.63. The van der Waals surface area contributed by atoms with E-state index in [-0.39, 0.29) is 0 Å². The summed E-state index contributed by atoms with van der Waals surface area (Å²) in [4.78, 5) is 4.60. The van der Waals surface area contributed by atoms with Gasteiger partial charge in [-0.1, -0.05) is 13.8 Å². The molecule has 1 N–H and O–H groups in total. The van der Waals surface area contributed by atoms with Crippen LogP contribution in [0.15, 0.2) is 11.6 Å². The lowest BCUT2D eigenvalue weighted by Crippen LogP contribution is -2.24. The summed E-state index contributed by atoms with van der Waals surface area (Å²) in [7, 11) is 1.99. The van der Waals surface area contributed by atoms with E-state index in [0.717, 1.165) is 30.8 Å². The largest absolute Gasteiger partial charge is 0.309 e. The van der Waals surface area contributed by atoms with Crippen LogP contribution in [-0.2, 0) is 19.9 Å². The zero-order valence-corrected chi connectivity index (χ0v) is 13.6. The molecule has 0 aromatic carbocycles. The monoisotopic (exact) mass is 292 g/mol. The standard InChI is InChI=1S/C15H24N4S/c1-5-7-16-15(8-12-10-20-11(3)17-12)13-9-19(4)18-14(13)6-2/h9-10,15-16H,5-8H2,1-4H3. The third kappa shape index (κ3) is 3.67. The fraction of sp³-hybridized carbons (Fsp3) is 0.600. The van der Waals surface area contributed by atoms with Crippen LogP contribution in [0.4, 0.5) is 0 Å². The molecule has 1 atom stereocenters. The number of thiazole rings is 1. The van der Waals surface area contributed by atoms with Crippen LogP contribution in [0.5, 0.6) is 0 Å².